The molecule has 0 saturated carbocycles. The number of rotatable bonds is 3. The molecular weight excluding hydrogens is 238 g/mol. The number of esters is 1. The molecule has 0 radical (unpaired) electrons. The standard InChI is InChI=1S/C11H17N3O2S/c1-7-5-8(14-10(12)13-7)17-6-9(15)16-11(2,3)4/h5H,6H2,1-4H3,(H2,12,13,14). The normalized spacial score (nSPS) is 11.3. The van der Waals surface area contributed by atoms with Gasteiger partial charge in [0.05, 0.1) is 5.75 Å². The van der Waals surface area contributed by atoms with E-state index in [9.17, 15) is 4.79 Å². The van der Waals surface area contributed by atoms with Crippen molar-refractivity contribution in [3.63, 3.8) is 0 Å². The van der Waals surface area contributed by atoms with E-state index in [1.807, 2.05) is 27.7 Å². The van der Waals surface area contributed by atoms with Gasteiger partial charge in [-0.1, -0.05) is 11.8 Å². The van der Waals surface area contributed by atoms with Crippen LogP contribution < -0.4 is 5.73 Å². The van der Waals surface area contributed by atoms with E-state index < -0.39 is 5.60 Å². The molecule has 0 aromatic carbocycles. The molecule has 5 nitrogen and oxygen atoms in total. The van der Waals surface area contributed by atoms with E-state index in [-0.39, 0.29) is 17.7 Å². The van der Waals surface area contributed by atoms with Gasteiger partial charge in [0.25, 0.3) is 0 Å². The number of hydrogen-bond acceptors (Lipinski definition) is 6. The summed E-state index contributed by atoms with van der Waals surface area (Å²) in [5.74, 6) is 0.168. The van der Waals surface area contributed by atoms with Gasteiger partial charge in [-0.25, -0.2) is 9.97 Å². The van der Waals surface area contributed by atoms with Crippen molar-refractivity contribution in [3.8, 4) is 0 Å². The summed E-state index contributed by atoms with van der Waals surface area (Å²) < 4.78 is 5.19. The zero-order valence-corrected chi connectivity index (χ0v) is 11.3. The number of hydrogen-bond donors (Lipinski definition) is 1. The largest absolute Gasteiger partial charge is 0.459 e. The lowest BCUT2D eigenvalue weighted by molar-refractivity contribution is -0.151. The van der Waals surface area contributed by atoms with Crippen LogP contribution in [0.25, 0.3) is 0 Å². The van der Waals surface area contributed by atoms with Crippen molar-refractivity contribution >= 4 is 23.7 Å². The van der Waals surface area contributed by atoms with E-state index in [1.54, 1.807) is 6.07 Å². The first-order chi connectivity index (χ1) is 7.76. The summed E-state index contributed by atoms with van der Waals surface area (Å²) in [4.78, 5) is 19.5. The van der Waals surface area contributed by atoms with E-state index in [1.165, 1.54) is 11.8 Å². The van der Waals surface area contributed by atoms with E-state index in [2.05, 4.69) is 9.97 Å². The van der Waals surface area contributed by atoms with E-state index in [0.29, 0.717) is 5.03 Å². The van der Waals surface area contributed by atoms with Gasteiger partial charge in [-0.3, -0.25) is 4.79 Å². The van der Waals surface area contributed by atoms with Gasteiger partial charge in [-0.15, -0.1) is 0 Å². The molecule has 0 amide bonds. The van der Waals surface area contributed by atoms with Crippen LogP contribution in [-0.2, 0) is 9.53 Å². The molecule has 1 heterocycles. The van der Waals surface area contributed by atoms with E-state index in [4.69, 9.17) is 10.5 Å². The summed E-state index contributed by atoms with van der Waals surface area (Å²) in [7, 11) is 0. The predicted molar refractivity (Wildman–Crippen MR) is 67.8 cm³/mol. The van der Waals surface area contributed by atoms with Crippen LogP contribution in [0.4, 0.5) is 5.95 Å². The second-order valence-corrected chi connectivity index (χ2v) is 5.58. The van der Waals surface area contributed by atoms with Gasteiger partial charge >= 0.3 is 5.97 Å². The van der Waals surface area contributed by atoms with Crippen molar-refractivity contribution in [1.29, 1.82) is 0 Å². The second kappa shape index (κ2) is 5.35. The fraction of sp³-hybridized carbons (Fsp3) is 0.545. The minimum Gasteiger partial charge on any atom is -0.459 e. The molecule has 0 saturated heterocycles. The van der Waals surface area contributed by atoms with Crippen LogP contribution in [0.1, 0.15) is 26.5 Å². The molecule has 0 aliphatic carbocycles. The highest BCUT2D eigenvalue weighted by molar-refractivity contribution is 7.99. The molecule has 1 rings (SSSR count). The second-order valence-electron chi connectivity index (χ2n) is 4.58. The maximum Gasteiger partial charge on any atom is 0.316 e. The highest BCUT2D eigenvalue weighted by Crippen LogP contribution is 2.18. The van der Waals surface area contributed by atoms with E-state index in [0.717, 1.165) is 5.69 Å². The molecule has 6 heteroatoms. The number of carbonyl (C=O) groups is 1. The Labute approximate surface area is 105 Å². The number of carbonyl (C=O) groups excluding carboxylic acids is 1. The summed E-state index contributed by atoms with van der Waals surface area (Å²) in [5, 5.41) is 0.681. The minimum absolute atomic E-state index is 0.215. The van der Waals surface area contributed by atoms with Crippen molar-refractivity contribution < 1.29 is 9.53 Å². The third-order valence-corrected chi connectivity index (χ3v) is 2.49. The van der Waals surface area contributed by atoms with Crippen LogP contribution in [0.15, 0.2) is 11.1 Å². The van der Waals surface area contributed by atoms with Gasteiger partial charge in [-0.2, -0.15) is 0 Å². The zero-order chi connectivity index (χ0) is 13.1. The molecule has 1 aromatic heterocycles. The van der Waals surface area contributed by atoms with Crippen LogP contribution in [0.3, 0.4) is 0 Å². The Morgan fingerprint density at radius 3 is 2.65 bits per heavy atom. The molecule has 0 atom stereocenters. The molecule has 17 heavy (non-hydrogen) atoms. The monoisotopic (exact) mass is 255 g/mol. The lowest BCUT2D eigenvalue weighted by Crippen LogP contribution is -2.24. The van der Waals surface area contributed by atoms with Crippen LogP contribution in [0.5, 0.6) is 0 Å². The molecule has 94 valence electrons. The maximum absolute atomic E-state index is 11.5. The third kappa shape index (κ3) is 5.53. The lowest BCUT2D eigenvalue weighted by atomic mass is 10.2. The zero-order valence-electron chi connectivity index (χ0n) is 10.5. The fourth-order valence-corrected chi connectivity index (χ4v) is 1.88. The number of ether oxygens (including phenoxy) is 1. The Bertz CT molecular complexity index is 395. The van der Waals surface area contributed by atoms with Gasteiger partial charge in [0, 0.05) is 5.69 Å². The average molecular weight is 255 g/mol. The molecular formula is C11H17N3O2S. The number of nitrogens with zero attached hydrogens (tertiary/aromatic N) is 2. The minimum atomic E-state index is -0.460. The third-order valence-electron chi connectivity index (χ3n) is 1.61. The molecule has 0 aliphatic rings. The molecule has 0 bridgehead atoms. The van der Waals surface area contributed by atoms with E-state index >= 15 is 0 Å². The predicted octanol–water partition coefficient (Wildman–Crippen LogP) is 1.80. The number of aryl methyl sites for hydroxylation is 1. The highest BCUT2D eigenvalue weighted by Gasteiger charge is 2.16. The van der Waals surface area contributed by atoms with Crippen molar-refractivity contribution in [2.24, 2.45) is 0 Å². The summed E-state index contributed by atoms with van der Waals surface area (Å²) in [5.41, 5.74) is 5.84. The number of thioether (sulfide) groups is 1. The Hall–Kier alpha value is -1.30. The van der Waals surface area contributed by atoms with Crippen molar-refractivity contribution in [2.45, 2.75) is 38.3 Å². The first-order valence-corrected chi connectivity index (χ1v) is 6.20. The molecule has 0 fully saturated rings. The first-order valence-electron chi connectivity index (χ1n) is 5.22. The Morgan fingerprint density at radius 2 is 2.12 bits per heavy atom. The summed E-state index contributed by atoms with van der Waals surface area (Å²) in [6, 6.07) is 1.78. The molecule has 0 spiro atoms. The lowest BCUT2D eigenvalue weighted by Gasteiger charge is -2.19. The van der Waals surface area contributed by atoms with Gasteiger partial charge < -0.3 is 10.5 Å². The summed E-state index contributed by atoms with van der Waals surface area (Å²) in [6.45, 7) is 7.34. The highest BCUT2D eigenvalue weighted by atomic mass is 32.2. The average Bonchev–Trinajstić information content (AvgIpc) is 2.10. The van der Waals surface area contributed by atoms with Gasteiger partial charge in [0.15, 0.2) is 0 Å². The van der Waals surface area contributed by atoms with Crippen molar-refractivity contribution in [2.75, 3.05) is 11.5 Å². The van der Waals surface area contributed by atoms with Crippen LogP contribution in [-0.4, -0.2) is 27.3 Å². The Kier molecular flexibility index (Phi) is 4.34. The maximum atomic E-state index is 11.5. The first kappa shape index (κ1) is 13.8. The van der Waals surface area contributed by atoms with Crippen LogP contribution >= 0.6 is 11.8 Å². The SMILES string of the molecule is Cc1cc(SCC(=O)OC(C)(C)C)nc(N)n1. The topological polar surface area (TPSA) is 78.1 Å². The number of aromatic nitrogens is 2. The summed E-state index contributed by atoms with van der Waals surface area (Å²) in [6.07, 6.45) is 0. The molecule has 0 aliphatic heterocycles. The smallest absolute Gasteiger partial charge is 0.316 e. The molecule has 0 unspecified atom stereocenters. The Balaban J connectivity index is 2.53. The van der Waals surface area contributed by atoms with Gasteiger partial charge in [-0.05, 0) is 33.8 Å². The van der Waals surface area contributed by atoms with Crippen LogP contribution in [0.2, 0.25) is 0 Å². The molecule has 1 aromatic rings. The quantitative estimate of drug-likeness (QED) is 0.504. The van der Waals surface area contributed by atoms with Crippen molar-refractivity contribution in [1.82, 2.24) is 9.97 Å². The molecule has 2 N–H and O–H groups in total. The Morgan fingerprint density at radius 1 is 1.47 bits per heavy atom. The number of anilines is 1. The van der Waals surface area contributed by atoms with Gasteiger partial charge in [0.2, 0.25) is 5.95 Å². The van der Waals surface area contributed by atoms with Crippen molar-refractivity contribution in [3.05, 3.63) is 11.8 Å². The fourth-order valence-electron chi connectivity index (χ4n) is 1.14. The summed E-state index contributed by atoms with van der Waals surface area (Å²) >= 11 is 1.29. The van der Waals surface area contributed by atoms with Gasteiger partial charge in [0.1, 0.15) is 10.6 Å². The number of nitrogens with two attached hydrogens (primary N) is 1. The number of nitrogen functional groups attached to an aromatic ring is 1. The van der Waals surface area contributed by atoms with Crippen LogP contribution in [0, 0.1) is 6.92 Å².